The number of hydrogen-bond acceptors (Lipinski definition) is 7. The topological polar surface area (TPSA) is 102 Å². The summed E-state index contributed by atoms with van der Waals surface area (Å²) < 4.78 is 100. The van der Waals surface area contributed by atoms with Gasteiger partial charge in [-0.1, -0.05) is 11.8 Å². The quantitative estimate of drug-likeness (QED) is 0.609. The number of carbonyl (C=O) groups is 1. The van der Waals surface area contributed by atoms with E-state index in [4.69, 9.17) is 10.5 Å². The molecule has 3 heterocycles. The first-order chi connectivity index (χ1) is 15.9. The highest BCUT2D eigenvalue weighted by Crippen LogP contribution is 2.52. The highest BCUT2D eigenvalue weighted by molar-refractivity contribution is 8.13. The summed E-state index contributed by atoms with van der Waals surface area (Å²) in [4.78, 5) is 23.4. The van der Waals surface area contributed by atoms with Gasteiger partial charge in [0.05, 0.1) is 19.0 Å². The number of anilines is 1. The summed E-state index contributed by atoms with van der Waals surface area (Å²) >= 11 is 0.826. The van der Waals surface area contributed by atoms with Gasteiger partial charge in [0, 0.05) is 29.0 Å². The van der Waals surface area contributed by atoms with Crippen LogP contribution in [0.3, 0.4) is 0 Å². The first kappa shape index (κ1) is 24.2. The largest absolute Gasteiger partial charge is 0.415 e. The van der Waals surface area contributed by atoms with Gasteiger partial charge in [0.25, 0.3) is 12.3 Å². The van der Waals surface area contributed by atoms with Gasteiger partial charge in [-0.25, -0.2) is 27.5 Å². The molecule has 0 aliphatic carbocycles. The van der Waals surface area contributed by atoms with Crippen LogP contribution >= 0.6 is 11.8 Å². The number of amides is 1. The molecule has 3 atom stereocenters. The predicted octanol–water partition coefficient (Wildman–Crippen LogP) is 3.78. The molecule has 0 radical (unpaired) electrons. The lowest BCUT2D eigenvalue weighted by molar-refractivity contribution is -0.215. The van der Waals surface area contributed by atoms with E-state index in [1.165, 1.54) is 0 Å². The SMILES string of the molecule is NC1=NC2(c3cc(NC(=O)c4cnc(C(F)F)cn4)cc(F)c3F)COC(C(F)(F)F)C2CS1. The molecule has 2 aromatic rings. The number of carbonyl (C=O) groups excluding carboxylic acids is 1. The van der Waals surface area contributed by atoms with Gasteiger partial charge in [0.15, 0.2) is 22.9 Å². The number of rotatable bonds is 4. The minimum Gasteiger partial charge on any atom is -0.379 e. The van der Waals surface area contributed by atoms with Crippen molar-refractivity contribution in [2.75, 3.05) is 17.7 Å². The second-order valence-corrected chi connectivity index (χ2v) is 8.51. The van der Waals surface area contributed by atoms with E-state index in [0.29, 0.717) is 12.3 Å². The van der Waals surface area contributed by atoms with E-state index in [-0.39, 0.29) is 16.6 Å². The number of aromatic nitrogens is 2. The van der Waals surface area contributed by atoms with E-state index < -0.39 is 71.3 Å². The first-order valence-electron chi connectivity index (χ1n) is 9.50. The molecule has 7 nitrogen and oxygen atoms in total. The van der Waals surface area contributed by atoms with Crippen LogP contribution in [0.2, 0.25) is 0 Å². The highest BCUT2D eigenvalue weighted by atomic mass is 32.2. The molecule has 1 fully saturated rings. The maximum absolute atomic E-state index is 14.9. The van der Waals surface area contributed by atoms with E-state index >= 15 is 0 Å². The van der Waals surface area contributed by atoms with Gasteiger partial charge < -0.3 is 15.8 Å². The van der Waals surface area contributed by atoms with Crippen molar-refractivity contribution in [3.05, 3.63) is 53.1 Å². The van der Waals surface area contributed by atoms with Gasteiger partial charge in [-0.2, -0.15) is 13.2 Å². The fourth-order valence-electron chi connectivity index (χ4n) is 3.83. The molecule has 182 valence electrons. The van der Waals surface area contributed by atoms with E-state index in [0.717, 1.165) is 24.0 Å². The molecule has 2 aliphatic rings. The van der Waals surface area contributed by atoms with Gasteiger partial charge in [0.1, 0.15) is 16.9 Å². The monoisotopic (exact) mass is 509 g/mol. The average molecular weight is 509 g/mol. The van der Waals surface area contributed by atoms with Gasteiger partial charge in [-0.15, -0.1) is 0 Å². The molecular weight excluding hydrogens is 495 g/mol. The number of nitrogens with two attached hydrogens (primary N) is 1. The number of ether oxygens (including phenoxy) is 1. The van der Waals surface area contributed by atoms with Crippen molar-refractivity contribution in [1.82, 2.24) is 9.97 Å². The molecule has 1 aromatic carbocycles. The Morgan fingerprint density at radius 1 is 1.24 bits per heavy atom. The van der Waals surface area contributed by atoms with Crippen LogP contribution in [-0.2, 0) is 10.3 Å². The van der Waals surface area contributed by atoms with Crippen LogP contribution in [0.4, 0.5) is 36.4 Å². The Hall–Kier alpha value is -2.94. The van der Waals surface area contributed by atoms with Crippen molar-refractivity contribution < 1.29 is 40.3 Å². The van der Waals surface area contributed by atoms with Crippen LogP contribution in [0.5, 0.6) is 0 Å². The van der Waals surface area contributed by atoms with Crippen LogP contribution in [0, 0.1) is 17.6 Å². The Morgan fingerprint density at radius 2 is 1.97 bits per heavy atom. The lowest BCUT2D eigenvalue weighted by atomic mass is 9.78. The summed E-state index contributed by atoms with van der Waals surface area (Å²) in [6, 6.07) is 1.53. The molecule has 0 bridgehead atoms. The molecule has 1 aromatic heterocycles. The molecule has 1 saturated heterocycles. The number of benzene rings is 1. The standard InChI is InChI=1S/C19H14F7N5O2S/c20-10-2-7(30-16(32)12-4-28-11(3-29-12)15(22)23)1-8(13(10)21)18-6-33-14(19(24,25)26)9(18)5-34-17(27)31-18/h1-4,9,14-15H,5-6H2,(H2,27,31)(H,30,32). The zero-order chi connectivity index (χ0) is 24.8. The number of thioether (sulfide) groups is 1. The van der Waals surface area contributed by atoms with E-state index in [2.05, 4.69) is 20.3 Å². The number of halogens is 7. The lowest BCUT2D eigenvalue weighted by Crippen LogP contribution is -2.46. The Balaban J connectivity index is 1.71. The Labute approximate surface area is 191 Å². The van der Waals surface area contributed by atoms with Gasteiger partial charge in [-0.3, -0.25) is 9.78 Å². The van der Waals surface area contributed by atoms with E-state index in [1.807, 2.05) is 0 Å². The summed E-state index contributed by atoms with van der Waals surface area (Å²) in [6.07, 6.45) is -8.57. The number of hydrogen-bond donors (Lipinski definition) is 2. The number of fused-ring (bicyclic) bond motifs is 1. The Bertz CT molecular complexity index is 1150. The molecule has 15 heteroatoms. The predicted molar refractivity (Wildman–Crippen MR) is 106 cm³/mol. The second-order valence-electron chi connectivity index (χ2n) is 7.47. The molecule has 2 aliphatic heterocycles. The fourth-order valence-corrected chi connectivity index (χ4v) is 4.86. The van der Waals surface area contributed by atoms with Crippen molar-refractivity contribution in [2.24, 2.45) is 16.6 Å². The van der Waals surface area contributed by atoms with Gasteiger partial charge in [0.2, 0.25) is 0 Å². The minimum atomic E-state index is -4.79. The summed E-state index contributed by atoms with van der Waals surface area (Å²) in [7, 11) is 0. The maximum Gasteiger partial charge on any atom is 0.415 e. The maximum atomic E-state index is 14.9. The normalized spacial score (nSPS) is 24.6. The fraction of sp³-hybridized carbons (Fsp3) is 0.368. The first-order valence-corrected chi connectivity index (χ1v) is 10.5. The average Bonchev–Trinajstić information content (AvgIpc) is 3.16. The molecule has 0 saturated carbocycles. The van der Waals surface area contributed by atoms with Crippen molar-refractivity contribution in [2.45, 2.75) is 24.2 Å². The molecule has 3 unspecified atom stereocenters. The number of nitrogens with one attached hydrogen (secondary N) is 1. The van der Waals surface area contributed by atoms with Gasteiger partial charge >= 0.3 is 6.18 Å². The molecule has 1 amide bonds. The Morgan fingerprint density at radius 3 is 2.59 bits per heavy atom. The number of aliphatic imine (C=N–C) groups is 1. The van der Waals surface area contributed by atoms with Crippen LogP contribution in [0.1, 0.15) is 28.2 Å². The molecule has 4 rings (SSSR count). The highest BCUT2D eigenvalue weighted by Gasteiger charge is 2.62. The van der Waals surface area contributed by atoms with Crippen molar-refractivity contribution >= 4 is 28.5 Å². The molecule has 0 spiro atoms. The third-order valence-electron chi connectivity index (χ3n) is 5.39. The van der Waals surface area contributed by atoms with E-state index in [9.17, 15) is 35.5 Å². The molecular formula is C19H14F7N5O2S. The lowest BCUT2D eigenvalue weighted by Gasteiger charge is -2.36. The third kappa shape index (κ3) is 4.29. The molecule has 3 N–H and O–H groups in total. The van der Waals surface area contributed by atoms with Crippen molar-refractivity contribution in [3.63, 3.8) is 0 Å². The number of nitrogens with zero attached hydrogens (tertiary/aromatic N) is 3. The number of alkyl halides is 5. The van der Waals surface area contributed by atoms with E-state index in [1.54, 1.807) is 0 Å². The summed E-state index contributed by atoms with van der Waals surface area (Å²) in [5.41, 5.74) is 1.71. The Kier molecular flexibility index (Phi) is 6.18. The number of amidine groups is 1. The summed E-state index contributed by atoms with van der Waals surface area (Å²) in [6.45, 7) is -0.725. The van der Waals surface area contributed by atoms with Gasteiger partial charge in [-0.05, 0) is 6.07 Å². The molecule has 34 heavy (non-hydrogen) atoms. The zero-order valence-corrected chi connectivity index (χ0v) is 17.6. The van der Waals surface area contributed by atoms with Crippen LogP contribution in [0.15, 0.2) is 29.5 Å². The van der Waals surface area contributed by atoms with Crippen molar-refractivity contribution in [1.29, 1.82) is 0 Å². The second kappa shape index (κ2) is 8.69. The van der Waals surface area contributed by atoms with Crippen LogP contribution in [0.25, 0.3) is 0 Å². The summed E-state index contributed by atoms with van der Waals surface area (Å²) in [5, 5.41) is 2.07. The zero-order valence-electron chi connectivity index (χ0n) is 16.7. The van der Waals surface area contributed by atoms with Crippen LogP contribution in [-0.4, -0.2) is 45.7 Å². The smallest absolute Gasteiger partial charge is 0.379 e. The van der Waals surface area contributed by atoms with Crippen LogP contribution < -0.4 is 11.1 Å². The minimum absolute atomic E-state index is 0.133. The third-order valence-corrected chi connectivity index (χ3v) is 6.30. The summed E-state index contributed by atoms with van der Waals surface area (Å²) in [5.74, 6) is -5.58. The van der Waals surface area contributed by atoms with Crippen molar-refractivity contribution in [3.8, 4) is 0 Å².